The van der Waals surface area contributed by atoms with E-state index in [0.717, 1.165) is 16.9 Å². The monoisotopic (exact) mass is 328 g/mol. The van der Waals surface area contributed by atoms with E-state index in [-0.39, 0.29) is 0 Å². The molecule has 0 bridgehead atoms. The maximum Gasteiger partial charge on any atom is 0.422 e. The maximum atomic E-state index is 11.6. The molecule has 2 aromatic carbocycles. The van der Waals surface area contributed by atoms with Gasteiger partial charge in [0.15, 0.2) is 0 Å². The van der Waals surface area contributed by atoms with Crippen molar-refractivity contribution in [2.24, 2.45) is 0 Å². The molecule has 0 aliphatic rings. The lowest BCUT2D eigenvalue weighted by molar-refractivity contribution is 0.0497. The van der Waals surface area contributed by atoms with E-state index in [4.69, 9.17) is 9.47 Å². The number of carbonyl (C=O) groups is 1. The van der Waals surface area contributed by atoms with Gasteiger partial charge in [-0.2, -0.15) is 0 Å². The molecule has 5 nitrogen and oxygen atoms in total. The number of benzene rings is 2. The zero-order valence-corrected chi connectivity index (χ0v) is 14.3. The molecule has 2 rings (SSSR count). The molecule has 2 aromatic rings. The van der Waals surface area contributed by atoms with E-state index in [1.807, 2.05) is 75.4 Å². The fourth-order valence-electron chi connectivity index (χ4n) is 2.01. The van der Waals surface area contributed by atoms with Crippen molar-refractivity contribution in [1.29, 1.82) is 0 Å². The van der Waals surface area contributed by atoms with Crippen LogP contribution in [0.15, 0.2) is 54.6 Å². The Morgan fingerprint density at radius 2 is 1.71 bits per heavy atom. The van der Waals surface area contributed by atoms with Crippen LogP contribution in [0, 0.1) is 0 Å². The molecule has 0 aliphatic carbocycles. The van der Waals surface area contributed by atoms with Crippen LogP contribution in [0.25, 0.3) is 0 Å². The number of hydrazine groups is 1. The zero-order chi connectivity index (χ0) is 17.4. The van der Waals surface area contributed by atoms with Crippen molar-refractivity contribution >= 4 is 6.09 Å². The molecule has 0 heterocycles. The summed E-state index contributed by atoms with van der Waals surface area (Å²) >= 11 is 0. The second kappa shape index (κ2) is 8.36. The summed E-state index contributed by atoms with van der Waals surface area (Å²) in [7, 11) is 0. The molecular formula is C19H24N2O3. The Morgan fingerprint density at radius 3 is 2.42 bits per heavy atom. The Bertz CT molecular complexity index is 651. The van der Waals surface area contributed by atoms with Gasteiger partial charge < -0.3 is 9.47 Å². The van der Waals surface area contributed by atoms with Gasteiger partial charge in [0.25, 0.3) is 0 Å². The number of hydrogen-bond donors (Lipinski definition) is 2. The van der Waals surface area contributed by atoms with Gasteiger partial charge in [0, 0.05) is 6.54 Å². The summed E-state index contributed by atoms with van der Waals surface area (Å²) in [6, 6.07) is 17.7. The molecule has 5 heteroatoms. The Hall–Kier alpha value is -2.53. The molecule has 0 saturated heterocycles. The number of nitrogens with one attached hydrogen (secondary N) is 2. The Balaban J connectivity index is 1.79. The average Bonchev–Trinajstić information content (AvgIpc) is 2.53. The van der Waals surface area contributed by atoms with Crippen LogP contribution in [-0.2, 0) is 17.9 Å². The Labute approximate surface area is 143 Å². The van der Waals surface area contributed by atoms with E-state index < -0.39 is 11.7 Å². The molecule has 0 atom stereocenters. The van der Waals surface area contributed by atoms with Gasteiger partial charge in [-0.1, -0.05) is 42.5 Å². The van der Waals surface area contributed by atoms with Crippen molar-refractivity contribution in [3.63, 3.8) is 0 Å². The number of ether oxygens (including phenoxy) is 2. The van der Waals surface area contributed by atoms with Crippen LogP contribution in [0.1, 0.15) is 31.9 Å². The minimum Gasteiger partial charge on any atom is -0.489 e. The van der Waals surface area contributed by atoms with Gasteiger partial charge in [0.2, 0.25) is 0 Å². The molecule has 128 valence electrons. The standard InChI is InChI=1S/C19H24N2O3/c1-19(2,3)24-18(22)21-20-13-16-10-7-11-17(12-16)23-14-15-8-5-4-6-9-15/h4-12,20H,13-14H2,1-3H3,(H,21,22). The van der Waals surface area contributed by atoms with E-state index in [1.165, 1.54) is 0 Å². The summed E-state index contributed by atoms with van der Waals surface area (Å²) in [5.74, 6) is 0.787. The van der Waals surface area contributed by atoms with E-state index in [2.05, 4.69) is 10.9 Å². The van der Waals surface area contributed by atoms with Gasteiger partial charge >= 0.3 is 6.09 Å². The summed E-state index contributed by atoms with van der Waals surface area (Å²) in [6.07, 6.45) is -0.501. The lowest BCUT2D eigenvalue weighted by atomic mass is 10.2. The first-order valence-electron chi connectivity index (χ1n) is 7.90. The minimum atomic E-state index is -0.517. The van der Waals surface area contributed by atoms with Gasteiger partial charge in [-0.05, 0) is 44.0 Å². The third-order valence-corrected chi connectivity index (χ3v) is 3.03. The highest BCUT2D eigenvalue weighted by atomic mass is 16.6. The summed E-state index contributed by atoms with van der Waals surface area (Å²) < 4.78 is 10.9. The van der Waals surface area contributed by atoms with Gasteiger partial charge in [-0.15, -0.1) is 0 Å². The van der Waals surface area contributed by atoms with Crippen LogP contribution in [0.4, 0.5) is 4.79 Å². The molecule has 0 fully saturated rings. The Morgan fingerprint density at radius 1 is 1.00 bits per heavy atom. The highest BCUT2D eigenvalue weighted by Gasteiger charge is 2.15. The second-order valence-corrected chi connectivity index (χ2v) is 6.40. The van der Waals surface area contributed by atoms with Crippen molar-refractivity contribution < 1.29 is 14.3 Å². The summed E-state index contributed by atoms with van der Waals surface area (Å²) in [6.45, 7) is 6.45. The predicted octanol–water partition coefficient (Wildman–Crippen LogP) is 3.79. The SMILES string of the molecule is CC(C)(C)OC(=O)NNCc1cccc(OCc2ccccc2)c1. The first-order chi connectivity index (χ1) is 11.4. The van der Waals surface area contributed by atoms with Crippen molar-refractivity contribution in [3.05, 3.63) is 65.7 Å². The number of rotatable bonds is 6. The first kappa shape index (κ1) is 17.8. The predicted molar refractivity (Wildman–Crippen MR) is 93.4 cm³/mol. The van der Waals surface area contributed by atoms with Gasteiger partial charge in [-0.3, -0.25) is 5.43 Å². The maximum absolute atomic E-state index is 11.6. The molecule has 0 radical (unpaired) electrons. The lowest BCUT2D eigenvalue weighted by Crippen LogP contribution is -2.40. The number of carbonyl (C=O) groups excluding carboxylic acids is 1. The highest BCUT2D eigenvalue weighted by Crippen LogP contribution is 2.15. The van der Waals surface area contributed by atoms with Crippen molar-refractivity contribution in [2.45, 2.75) is 39.5 Å². The molecule has 0 unspecified atom stereocenters. The molecule has 2 N–H and O–H groups in total. The van der Waals surface area contributed by atoms with Gasteiger partial charge in [0.05, 0.1) is 0 Å². The minimum absolute atomic E-state index is 0.474. The second-order valence-electron chi connectivity index (χ2n) is 6.40. The molecule has 0 aliphatic heterocycles. The van der Waals surface area contributed by atoms with Crippen LogP contribution in [0.2, 0.25) is 0 Å². The molecule has 0 aromatic heterocycles. The van der Waals surface area contributed by atoms with Gasteiger partial charge in [0.1, 0.15) is 18.0 Å². The van der Waals surface area contributed by atoms with Crippen LogP contribution in [-0.4, -0.2) is 11.7 Å². The van der Waals surface area contributed by atoms with Crippen molar-refractivity contribution in [3.8, 4) is 5.75 Å². The molecular weight excluding hydrogens is 304 g/mol. The van der Waals surface area contributed by atoms with E-state index in [0.29, 0.717) is 13.2 Å². The quantitative estimate of drug-likeness (QED) is 0.792. The normalized spacial score (nSPS) is 11.0. The molecule has 0 spiro atoms. The van der Waals surface area contributed by atoms with E-state index in [9.17, 15) is 4.79 Å². The average molecular weight is 328 g/mol. The van der Waals surface area contributed by atoms with Crippen LogP contribution in [0.5, 0.6) is 5.75 Å². The summed E-state index contributed by atoms with van der Waals surface area (Å²) in [5, 5.41) is 0. The third kappa shape index (κ3) is 6.71. The lowest BCUT2D eigenvalue weighted by Gasteiger charge is -2.19. The van der Waals surface area contributed by atoms with Crippen molar-refractivity contribution in [1.82, 2.24) is 10.9 Å². The smallest absolute Gasteiger partial charge is 0.422 e. The summed E-state index contributed by atoms with van der Waals surface area (Å²) in [5.41, 5.74) is 6.96. The summed E-state index contributed by atoms with van der Waals surface area (Å²) in [4.78, 5) is 11.6. The third-order valence-electron chi connectivity index (χ3n) is 3.03. The first-order valence-corrected chi connectivity index (χ1v) is 7.90. The van der Waals surface area contributed by atoms with Gasteiger partial charge in [-0.25, -0.2) is 10.2 Å². The van der Waals surface area contributed by atoms with Crippen LogP contribution >= 0.6 is 0 Å². The highest BCUT2D eigenvalue weighted by molar-refractivity contribution is 5.66. The van der Waals surface area contributed by atoms with Crippen molar-refractivity contribution in [2.75, 3.05) is 0 Å². The number of hydrogen-bond acceptors (Lipinski definition) is 4. The van der Waals surface area contributed by atoms with Crippen LogP contribution in [0.3, 0.4) is 0 Å². The van der Waals surface area contributed by atoms with E-state index >= 15 is 0 Å². The molecule has 0 saturated carbocycles. The fraction of sp³-hybridized carbons (Fsp3) is 0.316. The Kier molecular flexibility index (Phi) is 6.21. The fourth-order valence-corrected chi connectivity index (χ4v) is 2.01. The number of amides is 1. The topological polar surface area (TPSA) is 59.6 Å². The van der Waals surface area contributed by atoms with Crippen LogP contribution < -0.4 is 15.6 Å². The largest absolute Gasteiger partial charge is 0.489 e. The zero-order valence-electron chi connectivity index (χ0n) is 14.3. The van der Waals surface area contributed by atoms with E-state index in [1.54, 1.807) is 0 Å². The molecule has 1 amide bonds. The molecule has 24 heavy (non-hydrogen) atoms.